The number of unbranched alkanes of at least 4 members (excludes halogenated alkanes) is 4. The quantitative estimate of drug-likeness (QED) is 0.0443. The molecule has 218 valence electrons. The minimum absolute atomic E-state index is 0.0341. The van der Waals surface area contributed by atoms with Gasteiger partial charge in [-0.3, -0.25) is 13.6 Å². The van der Waals surface area contributed by atoms with Gasteiger partial charge >= 0.3 is 23.9 Å². The van der Waals surface area contributed by atoms with Crippen molar-refractivity contribution in [3.8, 4) is 0 Å². The van der Waals surface area contributed by atoms with Crippen LogP contribution in [-0.4, -0.2) is 65.6 Å². The zero-order valence-corrected chi connectivity index (χ0v) is 24.3. The fraction of sp³-hybridized carbons (Fsp3) is 1.00. The minimum Gasteiger partial charge on any atom is -0.329 e. The molecule has 0 fully saturated rings. The van der Waals surface area contributed by atoms with Gasteiger partial charge in [0.2, 0.25) is 0 Å². The van der Waals surface area contributed by atoms with Gasteiger partial charge < -0.3 is 22.1 Å². The second-order valence-corrected chi connectivity index (χ2v) is 12.1. The van der Waals surface area contributed by atoms with Crippen molar-refractivity contribution in [1.29, 1.82) is 0 Å². The van der Waals surface area contributed by atoms with Gasteiger partial charge in [0.25, 0.3) is 0 Å². The smallest absolute Gasteiger partial charge is 0.329 e. The summed E-state index contributed by atoms with van der Waals surface area (Å²) in [5.74, 6) is 0. The van der Waals surface area contributed by atoms with Crippen molar-refractivity contribution in [3.05, 3.63) is 0 Å². The molecule has 0 aliphatic heterocycles. The molecule has 0 aliphatic carbocycles. The molecular formula is C18H47N6O9P3. The Kier molecular flexibility index (Phi) is 24.4. The highest BCUT2D eigenvalue weighted by atomic mass is 31.3. The average molecular weight is 585 g/mol. The lowest BCUT2D eigenvalue weighted by molar-refractivity contribution is 0.0897. The Morgan fingerprint density at radius 3 is 1.44 bits per heavy atom. The molecule has 2 unspecified atom stereocenters. The van der Waals surface area contributed by atoms with E-state index >= 15 is 0 Å². The van der Waals surface area contributed by atoms with Crippen molar-refractivity contribution in [2.75, 3.05) is 65.6 Å². The van der Waals surface area contributed by atoms with E-state index in [2.05, 4.69) is 21.6 Å². The molecule has 0 bridgehead atoms. The lowest BCUT2D eigenvalue weighted by atomic mass is 10.3. The highest BCUT2D eigenvalue weighted by molar-refractivity contribution is 7.62. The standard InChI is InChI=1S/C18H47N6O9P3/c1-3-5-7-17-28-35(26,30-23-15-13-21-11-9-19)32-34(25)33-36(27,29-18-8-6-4-2)31-24-16-14-22-12-10-20/h21-24,34H,3-20H2,1-2H3. The summed E-state index contributed by atoms with van der Waals surface area (Å²) in [5.41, 5.74) is 15.7. The van der Waals surface area contributed by atoms with Crippen molar-refractivity contribution >= 4 is 23.9 Å². The lowest BCUT2D eigenvalue weighted by Crippen LogP contribution is -2.30. The highest BCUT2D eigenvalue weighted by Crippen LogP contribution is 2.63. The third-order valence-electron chi connectivity index (χ3n) is 4.17. The predicted molar refractivity (Wildman–Crippen MR) is 139 cm³/mol. The number of hydroxylamine groups is 2. The summed E-state index contributed by atoms with van der Waals surface area (Å²) in [6, 6.07) is 0. The van der Waals surface area contributed by atoms with Gasteiger partial charge in [-0.25, -0.2) is 17.8 Å². The Morgan fingerprint density at radius 2 is 1.08 bits per heavy atom. The van der Waals surface area contributed by atoms with Gasteiger partial charge in [-0.05, 0) is 12.8 Å². The summed E-state index contributed by atoms with van der Waals surface area (Å²) in [6.45, 7) is 7.55. The Morgan fingerprint density at radius 1 is 0.667 bits per heavy atom. The molecular weight excluding hydrogens is 537 g/mol. The summed E-state index contributed by atoms with van der Waals surface area (Å²) >= 11 is 0. The minimum atomic E-state index is -4.37. The third kappa shape index (κ3) is 21.2. The lowest BCUT2D eigenvalue weighted by Gasteiger charge is -2.20. The Labute approximate surface area is 215 Å². The van der Waals surface area contributed by atoms with Crippen LogP contribution < -0.4 is 33.1 Å². The molecule has 0 spiro atoms. The van der Waals surface area contributed by atoms with Crippen LogP contribution >= 0.6 is 23.9 Å². The zero-order chi connectivity index (χ0) is 27.0. The first-order valence-electron chi connectivity index (χ1n) is 12.4. The molecule has 0 heterocycles. The molecule has 0 aromatic carbocycles. The number of rotatable bonds is 28. The molecule has 0 aromatic rings. The molecule has 0 amide bonds. The van der Waals surface area contributed by atoms with Gasteiger partial charge in [-0.15, -0.1) is 0 Å². The van der Waals surface area contributed by atoms with Gasteiger partial charge in [0.05, 0.1) is 13.2 Å². The molecule has 0 aliphatic rings. The maximum absolute atomic E-state index is 13.0. The van der Waals surface area contributed by atoms with Crippen LogP contribution in [0.25, 0.3) is 0 Å². The highest BCUT2D eigenvalue weighted by Gasteiger charge is 2.36. The number of nitrogens with two attached hydrogens (primary N) is 2. The van der Waals surface area contributed by atoms with Crippen LogP contribution in [0.15, 0.2) is 0 Å². The van der Waals surface area contributed by atoms with E-state index in [1.54, 1.807) is 0 Å². The molecule has 15 nitrogen and oxygen atoms in total. The average Bonchev–Trinajstić information content (AvgIpc) is 2.84. The zero-order valence-electron chi connectivity index (χ0n) is 21.5. The molecule has 8 N–H and O–H groups in total. The maximum atomic E-state index is 13.0. The first-order chi connectivity index (χ1) is 17.3. The molecule has 0 aromatic heterocycles. The Balaban J connectivity index is 4.99. The van der Waals surface area contributed by atoms with Gasteiger partial charge in [-0.1, -0.05) is 39.5 Å². The number of hydrogen-bond acceptors (Lipinski definition) is 15. The van der Waals surface area contributed by atoms with Crippen molar-refractivity contribution in [3.63, 3.8) is 0 Å². The van der Waals surface area contributed by atoms with Gasteiger partial charge in [-0.2, -0.15) is 20.2 Å². The molecule has 0 radical (unpaired) electrons. The normalized spacial score (nSPS) is 16.0. The van der Waals surface area contributed by atoms with Crippen LogP contribution in [-0.2, 0) is 40.6 Å². The molecule has 36 heavy (non-hydrogen) atoms. The van der Waals surface area contributed by atoms with E-state index < -0.39 is 23.9 Å². The van der Waals surface area contributed by atoms with Crippen LogP contribution in [0.1, 0.15) is 52.4 Å². The van der Waals surface area contributed by atoms with E-state index in [9.17, 15) is 13.7 Å². The van der Waals surface area contributed by atoms with E-state index in [0.717, 1.165) is 25.7 Å². The largest absolute Gasteiger partial charge is 0.498 e. The molecule has 0 saturated heterocycles. The fourth-order valence-corrected chi connectivity index (χ4v) is 6.30. The number of phosphoric acid groups is 2. The third-order valence-corrected chi connectivity index (χ3v) is 8.85. The van der Waals surface area contributed by atoms with Gasteiger partial charge in [0.1, 0.15) is 0 Å². The fourth-order valence-electron chi connectivity index (χ4n) is 2.38. The first kappa shape index (κ1) is 36.2. The Hall–Kier alpha value is 0.210. The van der Waals surface area contributed by atoms with Crippen LogP contribution in [0.3, 0.4) is 0 Å². The first-order valence-corrected chi connectivity index (χ1v) is 16.6. The molecule has 0 rings (SSSR count). The van der Waals surface area contributed by atoms with Crippen LogP contribution in [0, 0.1) is 0 Å². The van der Waals surface area contributed by atoms with E-state index in [4.69, 9.17) is 38.4 Å². The molecule has 18 heteroatoms. The van der Waals surface area contributed by atoms with Gasteiger partial charge in [0.15, 0.2) is 0 Å². The van der Waals surface area contributed by atoms with E-state index in [-0.39, 0.29) is 26.3 Å². The van der Waals surface area contributed by atoms with Crippen LogP contribution in [0.4, 0.5) is 0 Å². The summed E-state index contributed by atoms with van der Waals surface area (Å²) in [4.78, 5) is 0. The number of hydrogen-bond donors (Lipinski definition) is 6. The van der Waals surface area contributed by atoms with E-state index in [0.29, 0.717) is 52.1 Å². The maximum Gasteiger partial charge on any atom is 0.498 e. The summed E-state index contributed by atoms with van der Waals surface area (Å²) in [7, 11) is -12.4. The molecule has 0 saturated carbocycles. The van der Waals surface area contributed by atoms with Crippen LogP contribution in [0.2, 0.25) is 0 Å². The van der Waals surface area contributed by atoms with Gasteiger partial charge in [0, 0.05) is 52.4 Å². The van der Waals surface area contributed by atoms with Crippen molar-refractivity contribution < 1.29 is 40.6 Å². The SMILES string of the molecule is CCCCCOP(=O)(ONCCNCCN)O[PH](=O)OP(=O)(OCCCCC)ONCCNCCN. The van der Waals surface area contributed by atoms with E-state index in [1.165, 1.54) is 0 Å². The Bertz CT molecular complexity index is 589. The second-order valence-electron chi connectivity index (χ2n) is 7.46. The summed E-state index contributed by atoms with van der Waals surface area (Å²) in [6.07, 6.45) is 4.62. The van der Waals surface area contributed by atoms with Crippen molar-refractivity contribution in [1.82, 2.24) is 21.6 Å². The van der Waals surface area contributed by atoms with Crippen molar-refractivity contribution in [2.24, 2.45) is 11.5 Å². The van der Waals surface area contributed by atoms with Crippen molar-refractivity contribution in [2.45, 2.75) is 52.4 Å². The topological polar surface area (TPSA) is 207 Å². The van der Waals surface area contributed by atoms with E-state index in [1.807, 2.05) is 13.8 Å². The van der Waals surface area contributed by atoms with Crippen LogP contribution in [0.5, 0.6) is 0 Å². The number of nitrogens with one attached hydrogen (secondary N) is 4. The second kappa shape index (κ2) is 24.3. The molecule has 2 atom stereocenters. The summed E-state index contributed by atoms with van der Waals surface area (Å²) < 4.78 is 69.1. The predicted octanol–water partition coefficient (Wildman–Crippen LogP) is 2.18. The monoisotopic (exact) mass is 584 g/mol. The summed E-state index contributed by atoms with van der Waals surface area (Å²) in [5, 5.41) is 6.02.